The van der Waals surface area contributed by atoms with Gasteiger partial charge in [-0.05, 0) is 13.0 Å². The smallest absolute Gasteiger partial charge is 0.246 e. The number of aromatic nitrogens is 4. The van der Waals surface area contributed by atoms with E-state index in [1.54, 1.807) is 19.2 Å². The molecule has 0 aromatic carbocycles. The summed E-state index contributed by atoms with van der Waals surface area (Å²) < 4.78 is 32.0. The molecule has 21 heavy (non-hydrogen) atoms. The largest absolute Gasteiger partial charge is 0.369 e. The zero-order valence-corrected chi connectivity index (χ0v) is 12.2. The van der Waals surface area contributed by atoms with Crippen LogP contribution in [0.25, 0.3) is 0 Å². The number of morpholine rings is 1. The Morgan fingerprint density at radius 2 is 2.33 bits per heavy atom. The maximum atomic E-state index is 12.5. The Morgan fingerprint density at radius 1 is 1.48 bits per heavy atom. The number of rotatable bonds is 3. The summed E-state index contributed by atoms with van der Waals surface area (Å²) in [5.41, 5.74) is 0.689. The van der Waals surface area contributed by atoms with Crippen LogP contribution < -0.4 is 0 Å². The van der Waals surface area contributed by atoms with Crippen molar-refractivity contribution < 1.29 is 13.2 Å². The molecule has 2 aromatic heterocycles. The summed E-state index contributed by atoms with van der Waals surface area (Å²) in [7, 11) is -3.55. The van der Waals surface area contributed by atoms with E-state index in [2.05, 4.69) is 20.2 Å². The Hall–Kier alpha value is -1.84. The molecule has 0 amide bonds. The maximum Gasteiger partial charge on any atom is 0.246 e. The SMILES string of the molecule is Cc1nccc([C@H]2CN(S(=O)(=O)c3cn[nH]c3)CCO2)n1. The van der Waals surface area contributed by atoms with E-state index in [-0.39, 0.29) is 17.5 Å². The van der Waals surface area contributed by atoms with E-state index < -0.39 is 10.0 Å². The van der Waals surface area contributed by atoms with E-state index in [1.807, 2.05) is 0 Å². The van der Waals surface area contributed by atoms with Crippen LogP contribution in [-0.2, 0) is 14.8 Å². The van der Waals surface area contributed by atoms with Gasteiger partial charge < -0.3 is 4.74 Å². The van der Waals surface area contributed by atoms with Crippen LogP contribution in [0.5, 0.6) is 0 Å². The molecule has 1 aliphatic heterocycles. The standard InChI is InChI=1S/C12H15N5O3S/c1-9-13-3-2-11(16-9)12-8-17(4-5-20-12)21(18,19)10-6-14-15-7-10/h2-3,6-7,12H,4-5,8H2,1H3,(H,14,15)/t12-/m1/s1. The van der Waals surface area contributed by atoms with E-state index in [1.165, 1.54) is 16.7 Å². The fourth-order valence-corrected chi connectivity index (χ4v) is 3.54. The highest BCUT2D eigenvalue weighted by atomic mass is 32.2. The monoisotopic (exact) mass is 309 g/mol. The molecule has 8 nitrogen and oxygen atoms in total. The molecule has 0 radical (unpaired) electrons. The number of hydrogen-bond acceptors (Lipinski definition) is 6. The van der Waals surface area contributed by atoms with Gasteiger partial charge in [0.2, 0.25) is 10.0 Å². The van der Waals surface area contributed by atoms with Crippen LogP contribution in [0, 0.1) is 6.92 Å². The first kappa shape index (κ1) is 14.1. The molecule has 2 aromatic rings. The number of hydrogen-bond donors (Lipinski definition) is 1. The van der Waals surface area contributed by atoms with Gasteiger partial charge in [-0.15, -0.1) is 0 Å². The quantitative estimate of drug-likeness (QED) is 0.873. The summed E-state index contributed by atoms with van der Waals surface area (Å²) in [6, 6.07) is 1.74. The molecule has 3 rings (SSSR count). The van der Waals surface area contributed by atoms with Gasteiger partial charge in [0.05, 0.1) is 18.5 Å². The Labute approximate surface area is 122 Å². The van der Waals surface area contributed by atoms with Crippen LogP contribution >= 0.6 is 0 Å². The number of aromatic amines is 1. The molecular weight excluding hydrogens is 294 g/mol. The van der Waals surface area contributed by atoms with Gasteiger partial charge in [0.25, 0.3) is 0 Å². The molecule has 0 unspecified atom stereocenters. The number of nitrogens with zero attached hydrogens (tertiary/aromatic N) is 4. The highest BCUT2D eigenvalue weighted by Gasteiger charge is 2.32. The number of ether oxygens (including phenoxy) is 1. The summed E-state index contributed by atoms with van der Waals surface area (Å²) in [5.74, 6) is 0.630. The van der Waals surface area contributed by atoms with Crippen molar-refractivity contribution in [3.63, 3.8) is 0 Å². The molecule has 1 aliphatic rings. The summed E-state index contributed by atoms with van der Waals surface area (Å²) >= 11 is 0. The minimum atomic E-state index is -3.55. The number of sulfonamides is 1. The van der Waals surface area contributed by atoms with E-state index in [4.69, 9.17) is 4.74 Å². The first-order valence-electron chi connectivity index (χ1n) is 6.47. The lowest BCUT2D eigenvalue weighted by atomic mass is 10.2. The molecule has 1 fully saturated rings. The third kappa shape index (κ3) is 2.80. The first-order chi connectivity index (χ1) is 10.1. The predicted molar refractivity (Wildman–Crippen MR) is 72.8 cm³/mol. The van der Waals surface area contributed by atoms with Crippen molar-refractivity contribution >= 4 is 10.0 Å². The van der Waals surface area contributed by atoms with Crippen LogP contribution in [0.4, 0.5) is 0 Å². The highest BCUT2D eigenvalue weighted by Crippen LogP contribution is 2.24. The summed E-state index contributed by atoms with van der Waals surface area (Å²) in [5, 5.41) is 6.21. The second-order valence-corrected chi connectivity index (χ2v) is 6.62. The van der Waals surface area contributed by atoms with Gasteiger partial charge in [-0.1, -0.05) is 0 Å². The van der Waals surface area contributed by atoms with Crippen molar-refractivity contribution in [1.82, 2.24) is 24.5 Å². The minimum Gasteiger partial charge on any atom is -0.369 e. The van der Waals surface area contributed by atoms with Gasteiger partial charge in [-0.2, -0.15) is 9.40 Å². The average molecular weight is 309 g/mol. The van der Waals surface area contributed by atoms with Crippen LogP contribution in [0.3, 0.4) is 0 Å². The van der Waals surface area contributed by atoms with Gasteiger partial charge in [0.1, 0.15) is 16.8 Å². The lowest BCUT2D eigenvalue weighted by Crippen LogP contribution is -2.42. The molecule has 1 saturated heterocycles. The summed E-state index contributed by atoms with van der Waals surface area (Å²) in [6.45, 7) is 2.65. The van der Waals surface area contributed by atoms with E-state index >= 15 is 0 Å². The zero-order chi connectivity index (χ0) is 14.9. The molecule has 112 valence electrons. The van der Waals surface area contributed by atoms with Crippen molar-refractivity contribution in [1.29, 1.82) is 0 Å². The number of H-pyrrole nitrogens is 1. The maximum absolute atomic E-state index is 12.5. The van der Waals surface area contributed by atoms with Crippen LogP contribution in [0.2, 0.25) is 0 Å². The van der Waals surface area contributed by atoms with Crippen molar-refractivity contribution in [3.05, 3.63) is 36.2 Å². The summed E-state index contributed by atoms with van der Waals surface area (Å²) in [6.07, 6.45) is 3.93. The topological polar surface area (TPSA) is 101 Å². The lowest BCUT2D eigenvalue weighted by molar-refractivity contribution is -0.00509. The Balaban J connectivity index is 1.83. The van der Waals surface area contributed by atoms with E-state index in [9.17, 15) is 8.42 Å². The molecule has 9 heteroatoms. The lowest BCUT2D eigenvalue weighted by Gasteiger charge is -2.31. The second kappa shape index (κ2) is 5.51. The molecule has 0 aliphatic carbocycles. The first-order valence-corrected chi connectivity index (χ1v) is 7.91. The molecule has 0 saturated carbocycles. The Bertz CT molecular complexity index is 716. The molecule has 1 atom stereocenters. The highest BCUT2D eigenvalue weighted by molar-refractivity contribution is 7.89. The van der Waals surface area contributed by atoms with Crippen molar-refractivity contribution in [2.24, 2.45) is 0 Å². The van der Waals surface area contributed by atoms with Crippen LogP contribution in [0.1, 0.15) is 17.6 Å². The van der Waals surface area contributed by atoms with Gasteiger partial charge >= 0.3 is 0 Å². The Kier molecular flexibility index (Phi) is 3.70. The van der Waals surface area contributed by atoms with Crippen molar-refractivity contribution in [3.8, 4) is 0 Å². The zero-order valence-electron chi connectivity index (χ0n) is 11.4. The third-order valence-electron chi connectivity index (χ3n) is 3.27. The van der Waals surface area contributed by atoms with Gasteiger partial charge in [0.15, 0.2) is 0 Å². The van der Waals surface area contributed by atoms with E-state index in [0.717, 1.165) is 0 Å². The predicted octanol–water partition coefficient (Wildman–Crippen LogP) is 0.270. The normalized spacial score (nSPS) is 20.5. The van der Waals surface area contributed by atoms with Gasteiger partial charge in [0, 0.05) is 25.5 Å². The molecular formula is C12H15N5O3S. The van der Waals surface area contributed by atoms with Gasteiger partial charge in [-0.3, -0.25) is 5.10 Å². The second-order valence-electron chi connectivity index (χ2n) is 4.69. The molecule has 0 spiro atoms. The van der Waals surface area contributed by atoms with E-state index in [0.29, 0.717) is 24.7 Å². The molecule has 3 heterocycles. The van der Waals surface area contributed by atoms with Crippen LogP contribution in [-0.4, -0.2) is 52.6 Å². The fraction of sp³-hybridized carbons (Fsp3) is 0.417. The number of nitrogens with one attached hydrogen (secondary N) is 1. The average Bonchev–Trinajstić information content (AvgIpc) is 3.02. The summed E-state index contributed by atoms with van der Waals surface area (Å²) in [4.78, 5) is 8.49. The minimum absolute atomic E-state index is 0.155. The number of aryl methyl sites for hydroxylation is 1. The van der Waals surface area contributed by atoms with Gasteiger partial charge in [-0.25, -0.2) is 18.4 Å². The molecule has 1 N–H and O–H groups in total. The van der Waals surface area contributed by atoms with Crippen molar-refractivity contribution in [2.45, 2.75) is 17.9 Å². The van der Waals surface area contributed by atoms with Crippen molar-refractivity contribution in [2.75, 3.05) is 19.7 Å². The third-order valence-corrected chi connectivity index (χ3v) is 5.10. The Morgan fingerprint density at radius 3 is 3.05 bits per heavy atom. The fourth-order valence-electron chi connectivity index (χ4n) is 2.21. The van der Waals surface area contributed by atoms with Crippen LogP contribution in [0.15, 0.2) is 29.6 Å². The molecule has 0 bridgehead atoms.